The lowest BCUT2D eigenvalue weighted by Gasteiger charge is -2.10. The van der Waals surface area contributed by atoms with E-state index in [1.165, 1.54) is 4.90 Å². The van der Waals surface area contributed by atoms with Crippen LogP contribution in [0.2, 0.25) is 0 Å². The summed E-state index contributed by atoms with van der Waals surface area (Å²) in [5, 5.41) is 2.97. The number of nitrogens with one attached hydrogen (secondary N) is 1. The molecule has 0 aliphatic rings. The van der Waals surface area contributed by atoms with E-state index in [2.05, 4.69) is 35.6 Å². The van der Waals surface area contributed by atoms with Gasteiger partial charge in [0, 0.05) is 22.3 Å². The number of rotatable bonds is 8. The number of thioether (sulfide) groups is 2. The quantitative estimate of drug-likeness (QED) is 0.698. The van der Waals surface area contributed by atoms with Crippen molar-refractivity contribution in [1.29, 1.82) is 0 Å². The van der Waals surface area contributed by atoms with Gasteiger partial charge in [0.05, 0.1) is 11.4 Å². The van der Waals surface area contributed by atoms with E-state index in [4.69, 9.17) is 4.42 Å². The van der Waals surface area contributed by atoms with Crippen LogP contribution in [0.5, 0.6) is 0 Å². The third kappa shape index (κ3) is 5.31. The Kier molecular flexibility index (Phi) is 7.24. The summed E-state index contributed by atoms with van der Waals surface area (Å²) < 4.78 is 5.78. The van der Waals surface area contributed by atoms with Gasteiger partial charge in [-0.05, 0) is 50.8 Å². The van der Waals surface area contributed by atoms with E-state index in [0.29, 0.717) is 17.4 Å². The molecule has 2 rings (SSSR count). The molecule has 6 heteroatoms. The van der Waals surface area contributed by atoms with E-state index < -0.39 is 0 Å². The fourth-order valence-electron chi connectivity index (χ4n) is 2.08. The Balaban J connectivity index is 1.92. The van der Waals surface area contributed by atoms with E-state index >= 15 is 0 Å². The molecule has 1 amide bonds. The Morgan fingerprint density at radius 2 is 2.04 bits per heavy atom. The molecular formula is C18H24N2O2S2. The van der Waals surface area contributed by atoms with E-state index in [1.807, 2.05) is 26.0 Å². The standard InChI is InChI=1S/C18H24N2O2S2/c1-5-12(2)19-17(21)11-24-10-16-13(3)22-18(20-16)14-6-8-15(23-4)9-7-14/h6-9,12H,5,10-11H2,1-4H3,(H,19,21)/t12-/m1/s1. The first-order chi connectivity index (χ1) is 11.5. The molecule has 24 heavy (non-hydrogen) atoms. The third-order valence-corrected chi connectivity index (χ3v) is 5.41. The number of hydrogen-bond acceptors (Lipinski definition) is 5. The number of hydrogen-bond donors (Lipinski definition) is 1. The van der Waals surface area contributed by atoms with Crippen molar-refractivity contribution in [3.05, 3.63) is 35.7 Å². The molecule has 0 radical (unpaired) electrons. The number of aromatic nitrogens is 1. The number of benzene rings is 1. The van der Waals surface area contributed by atoms with Crippen LogP contribution in [-0.4, -0.2) is 28.9 Å². The van der Waals surface area contributed by atoms with Crippen LogP contribution in [0.25, 0.3) is 11.5 Å². The van der Waals surface area contributed by atoms with Crippen molar-refractivity contribution in [1.82, 2.24) is 10.3 Å². The van der Waals surface area contributed by atoms with Crippen LogP contribution in [0, 0.1) is 6.92 Å². The minimum absolute atomic E-state index is 0.0726. The SMILES string of the molecule is CC[C@@H](C)NC(=O)CSCc1nc(-c2ccc(SC)cc2)oc1C. The summed E-state index contributed by atoms with van der Waals surface area (Å²) in [5.41, 5.74) is 1.88. The van der Waals surface area contributed by atoms with Crippen molar-refractivity contribution in [2.45, 2.75) is 43.9 Å². The van der Waals surface area contributed by atoms with Crippen molar-refractivity contribution in [3.63, 3.8) is 0 Å². The summed E-state index contributed by atoms with van der Waals surface area (Å²) in [6.45, 7) is 5.99. The highest BCUT2D eigenvalue weighted by molar-refractivity contribution is 7.99. The molecule has 1 atom stereocenters. The lowest BCUT2D eigenvalue weighted by molar-refractivity contribution is -0.119. The molecule has 0 aliphatic carbocycles. The normalized spacial score (nSPS) is 12.2. The second-order valence-electron chi connectivity index (χ2n) is 5.62. The molecule has 0 saturated carbocycles. The first kappa shape index (κ1) is 18.9. The smallest absolute Gasteiger partial charge is 0.230 e. The Hall–Kier alpha value is -1.40. The number of carbonyl (C=O) groups excluding carboxylic acids is 1. The van der Waals surface area contributed by atoms with Crippen LogP contribution in [0.3, 0.4) is 0 Å². The minimum atomic E-state index is 0.0726. The first-order valence-electron chi connectivity index (χ1n) is 8.01. The van der Waals surface area contributed by atoms with E-state index in [9.17, 15) is 4.79 Å². The number of nitrogens with zero attached hydrogens (tertiary/aromatic N) is 1. The second kappa shape index (κ2) is 9.18. The van der Waals surface area contributed by atoms with Gasteiger partial charge in [0.1, 0.15) is 5.76 Å². The number of amides is 1. The molecular weight excluding hydrogens is 340 g/mol. The minimum Gasteiger partial charge on any atom is -0.441 e. The van der Waals surface area contributed by atoms with Crippen molar-refractivity contribution in [2.75, 3.05) is 12.0 Å². The van der Waals surface area contributed by atoms with Crippen LogP contribution < -0.4 is 5.32 Å². The molecule has 1 heterocycles. The molecule has 0 bridgehead atoms. The summed E-state index contributed by atoms with van der Waals surface area (Å²) in [6.07, 6.45) is 2.99. The zero-order valence-corrected chi connectivity index (χ0v) is 16.2. The maximum absolute atomic E-state index is 11.8. The average Bonchev–Trinajstić information content (AvgIpc) is 2.95. The summed E-state index contributed by atoms with van der Waals surface area (Å²) in [5.74, 6) is 2.64. The Bertz CT molecular complexity index is 668. The van der Waals surface area contributed by atoms with Gasteiger partial charge in [-0.3, -0.25) is 4.79 Å². The van der Waals surface area contributed by atoms with E-state index in [-0.39, 0.29) is 11.9 Å². The highest BCUT2D eigenvalue weighted by Gasteiger charge is 2.13. The third-order valence-electron chi connectivity index (χ3n) is 3.72. The molecule has 1 aromatic heterocycles. The van der Waals surface area contributed by atoms with Crippen LogP contribution in [0.1, 0.15) is 31.7 Å². The lowest BCUT2D eigenvalue weighted by atomic mass is 10.2. The summed E-state index contributed by atoms with van der Waals surface area (Å²) in [7, 11) is 0. The van der Waals surface area contributed by atoms with Gasteiger partial charge in [0.15, 0.2) is 0 Å². The number of carbonyl (C=O) groups is 1. The second-order valence-corrected chi connectivity index (χ2v) is 7.49. The maximum Gasteiger partial charge on any atom is 0.230 e. The summed E-state index contributed by atoms with van der Waals surface area (Å²) in [4.78, 5) is 17.6. The van der Waals surface area contributed by atoms with Crippen LogP contribution >= 0.6 is 23.5 Å². The predicted octanol–water partition coefficient (Wildman–Crippen LogP) is 4.52. The molecule has 0 saturated heterocycles. The average molecular weight is 365 g/mol. The molecule has 0 fully saturated rings. The summed E-state index contributed by atoms with van der Waals surface area (Å²) in [6, 6.07) is 8.39. The maximum atomic E-state index is 11.8. The Morgan fingerprint density at radius 3 is 2.67 bits per heavy atom. The molecule has 0 spiro atoms. The molecule has 0 aliphatic heterocycles. The highest BCUT2D eigenvalue weighted by Crippen LogP contribution is 2.26. The van der Waals surface area contributed by atoms with Crippen LogP contribution in [-0.2, 0) is 10.5 Å². The number of aryl methyl sites for hydroxylation is 1. The fraction of sp³-hybridized carbons (Fsp3) is 0.444. The predicted molar refractivity (Wildman–Crippen MR) is 103 cm³/mol. The highest BCUT2D eigenvalue weighted by atomic mass is 32.2. The zero-order chi connectivity index (χ0) is 17.5. The van der Waals surface area contributed by atoms with Crippen molar-refractivity contribution < 1.29 is 9.21 Å². The van der Waals surface area contributed by atoms with Crippen LogP contribution in [0.4, 0.5) is 0 Å². The monoisotopic (exact) mass is 364 g/mol. The van der Waals surface area contributed by atoms with Crippen LogP contribution in [0.15, 0.2) is 33.6 Å². The molecule has 130 valence electrons. The van der Waals surface area contributed by atoms with Crippen molar-refractivity contribution in [3.8, 4) is 11.5 Å². The van der Waals surface area contributed by atoms with Gasteiger partial charge in [-0.1, -0.05) is 6.92 Å². The Morgan fingerprint density at radius 1 is 1.33 bits per heavy atom. The topological polar surface area (TPSA) is 55.1 Å². The van der Waals surface area contributed by atoms with Gasteiger partial charge in [-0.15, -0.1) is 23.5 Å². The molecule has 1 N–H and O–H groups in total. The zero-order valence-electron chi connectivity index (χ0n) is 14.6. The Labute approximate surface area is 152 Å². The van der Waals surface area contributed by atoms with Gasteiger partial charge in [0.2, 0.25) is 11.8 Å². The van der Waals surface area contributed by atoms with Crippen molar-refractivity contribution >= 4 is 29.4 Å². The first-order valence-corrected chi connectivity index (χ1v) is 10.4. The largest absolute Gasteiger partial charge is 0.441 e. The van der Waals surface area contributed by atoms with Gasteiger partial charge in [-0.2, -0.15) is 0 Å². The van der Waals surface area contributed by atoms with E-state index in [0.717, 1.165) is 23.4 Å². The van der Waals surface area contributed by atoms with Gasteiger partial charge < -0.3 is 9.73 Å². The molecule has 0 unspecified atom stereocenters. The van der Waals surface area contributed by atoms with Gasteiger partial charge in [-0.25, -0.2) is 4.98 Å². The fourth-order valence-corrected chi connectivity index (χ4v) is 3.32. The lowest BCUT2D eigenvalue weighted by Crippen LogP contribution is -2.33. The van der Waals surface area contributed by atoms with Gasteiger partial charge >= 0.3 is 0 Å². The van der Waals surface area contributed by atoms with Gasteiger partial charge in [0.25, 0.3) is 0 Å². The summed E-state index contributed by atoms with van der Waals surface area (Å²) >= 11 is 3.27. The molecule has 2 aromatic rings. The molecule has 4 nitrogen and oxygen atoms in total. The number of oxazole rings is 1. The molecule has 1 aromatic carbocycles. The van der Waals surface area contributed by atoms with Crippen molar-refractivity contribution in [2.24, 2.45) is 0 Å². The van der Waals surface area contributed by atoms with E-state index in [1.54, 1.807) is 23.5 Å².